The number of nitrogens with one attached hydrogen (secondary N) is 2. The standard InChI is InChI=1S/C16H26FN3O2/c1-12(6-5-9-21)19-16(22)18-11-15(20(2)3)13-7-4-8-14(17)10-13/h4,7-8,10,12,15,21H,5-6,9,11H2,1-3H3,(H2,18,19,22). The molecule has 0 aliphatic heterocycles. The summed E-state index contributed by atoms with van der Waals surface area (Å²) in [6.45, 7) is 2.40. The van der Waals surface area contributed by atoms with Crippen LogP contribution in [0.25, 0.3) is 0 Å². The SMILES string of the molecule is CC(CCCO)NC(=O)NCC(c1cccc(F)c1)N(C)C. The number of carbonyl (C=O) groups is 1. The number of amides is 2. The predicted octanol–water partition coefficient (Wildman–Crippen LogP) is 1.89. The average molecular weight is 311 g/mol. The lowest BCUT2D eigenvalue weighted by molar-refractivity contribution is 0.227. The van der Waals surface area contributed by atoms with E-state index in [-0.39, 0.29) is 30.5 Å². The van der Waals surface area contributed by atoms with Crippen molar-refractivity contribution >= 4 is 6.03 Å². The van der Waals surface area contributed by atoms with Crippen LogP contribution in [-0.4, -0.2) is 49.3 Å². The number of urea groups is 1. The number of likely N-dealkylation sites (N-methyl/N-ethyl adjacent to an activating group) is 1. The Morgan fingerprint density at radius 1 is 1.41 bits per heavy atom. The summed E-state index contributed by atoms with van der Waals surface area (Å²) in [4.78, 5) is 13.8. The topological polar surface area (TPSA) is 64.6 Å². The number of hydrogen-bond donors (Lipinski definition) is 3. The van der Waals surface area contributed by atoms with E-state index in [1.807, 2.05) is 32.0 Å². The van der Waals surface area contributed by atoms with Gasteiger partial charge in [-0.25, -0.2) is 9.18 Å². The van der Waals surface area contributed by atoms with Crippen molar-refractivity contribution < 1.29 is 14.3 Å². The van der Waals surface area contributed by atoms with Gasteiger partial charge in [0.2, 0.25) is 0 Å². The Balaban J connectivity index is 2.53. The largest absolute Gasteiger partial charge is 0.396 e. The Labute approximate surface area is 131 Å². The van der Waals surface area contributed by atoms with E-state index in [1.54, 1.807) is 6.07 Å². The molecule has 3 N–H and O–H groups in total. The molecule has 0 saturated heterocycles. The first-order valence-corrected chi connectivity index (χ1v) is 7.51. The number of carbonyl (C=O) groups excluding carboxylic acids is 1. The van der Waals surface area contributed by atoms with Gasteiger partial charge in [-0.1, -0.05) is 12.1 Å². The van der Waals surface area contributed by atoms with Gasteiger partial charge in [0, 0.05) is 19.2 Å². The average Bonchev–Trinajstić information content (AvgIpc) is 2.45. The van der Waals surface area contributed by atoms with Crippen LogP contribution in [0.2, 0.25) is 0 Å². The van der Waals surface area contributed by atoms with Crippen LogP contribution in [0.15, 0.2) is 24.3 Å². The van der Waals surface area contributed by atoms with E-state index < -0.39 is 0 Å². The van der Waals surface area contributed by atoms with E-state index in [9.17, 15) is 9.18 Å². The summed E-state index contributed by atoms with van der Waals surface area (Å²) < 4.78 is 13.3. The second-order valence-electron chi connectivity index (χ2n) is 5.66. The van der Waals surface area contributed by atoms with Crippen LogP contribution in [0.5, 0.6) is 0 Å². The third-order valence-corrected chi connectivity index (χ3v) is 3.49. The van der Waals surface area contributed by atoms with Gasteiger partial charge in [0.1, 0.15) is 5.82 Å². The Hall–Kier alpha value is -1.66. The molecule has 5 nitrogen and oxygen atoms in total. The summed E-state index contributed by atoms with van der Waals surface area (Å²) in [6, 6.07) is 6.03. The first-order valence-electron chi connectivity index (χ1n) is 7.51. The molecule has 22 heavy (non-hydrogen) atoms. The fraction of sp³-hybridized carbons (Fsp3) is 0.562. The third kappa shape index (κ3) is 6.41. The van der Waals surface area contributed by atoms with Crippen molar-refractivity contribution in [2.24, 2.45) is 0 Å². The van der Waals surface area contributed by atoms with Crippen LogP contribution in [0.1, 0.15) is 31.4 Å². The minimum absolute atomic E-state index is 0.000809. The molecule has 1 aromatic carbocycles. The molecule has 0 heterocycles. The lowest BCUT2D eigenvalue weighted by Gasteiger charge is -2.25. The zero-order valence-corrected chi connectivity index (χ0v) is 13.5. The third-order valence-electron chi connectivity index (χ3n) is 3.49. The van der Waals surface area contributed by atoms with Crippen LogP contribution in [0.4, 0.5) is 9.18 Å². The van der Waals surface area contributed by atoms with Crippen molar-refractivity contribution in [2.75, 3.05) is 27.2 Å². The maximum absolute atomic E-state index is 13.3. The van der Waals surface area contributed by atoms with Crippen LogP contribution >= 0.6 is 0 Å². The molecule has 0 spiro atoms. The smallest absolute Gasteiger partial charge is 0.315 e. The molecule has 0 aliphatic rings. The van der Waals surface area contributed by atoms with Gasteiger partial charge < -0.3 is 20.6 Å². The molecule has 0 saturated carbocycles. The number of rotatable bonds is 8. The van der Waals surface area contributed by atoms with Gasteiger partial charge >= 0.3 is 6.03 Å². The van der Waals surface area contributed by atoms with Gasteiger partial charge in [-0.05, 0) is 51.6 Å². The van der Waals surface area contributed by atoms with Gasteiger partial charge in [-0.2, -0.15) is 0 Å². The van der Waals surface area contributed by atoms with Crippen molar-refractivity contribution in [3.8, 4) is 0 Å². The maximum atomic E-state index is 13.3. The summed E-state index contributed by atoms with van der Waals surface area (Å²) in [5.41, 5.74) is 0.818. The van der Waals surface area contributed by atoms with Crippen molar-refractivity contribution in [1.29, 1.82) is 0 Å². The van der Waals surface area contributed by atoms with Gasteiger partial charge in [0.05, 0.1) is 6.04 Å². The Morgan fingerprint density at radius 3 is 2.73 bits per heavy atom. The van der Waals surface area contributed by atoms with Crippen LogP contribution in [0, 0.1) is 5.82 Å². The van der Waals surface area contributed by atoms with E-state index >= 15 is 0 Å². The highest BCUT2D eigenvalue weighted by atomic mass is 19.1. The van der Waals surface area contributed by atoms with E-state index in [2.05, 4.69) is 10.6 Å². The van der Waals surface area contributed by atoms with E-state index in [0.717, 1.165) is 12.0 Å². The summed E-state index contributed by atoms with van der Waals surface area (Å²) in [7, 11) is 3.78. The molecule has 0 aromatic heterocycles. The number of aliphatic hydroxyl groups is 1. The fourth-order valence-electron chi connectivity index (χ4n) is 2.25. The first kappa shape index (κ1) is 18.4. The van der Waals surface area contributed by atoms with Gasteiger partial charge in [0.15, 0.2) is 0 Å². The second-order valence-corrected chi connectivity index (χ2v) is 5.66. The molecule has 124 valence electrons. The fourth-order valence-corrected chi connectivity index (χ4v) is 2.25. The Bertz CT molecular complexity index is 468. The molecule has 0 bridgehead atoms. The van der Waals surface area contributed by atoms with Crippen LogP contribution in [0.3, 0.4) is 0 Å². The number of halogens is 1. The van der Waals surface area contributed by atoms with Crippen LogP contribution in [-0.2, 0) is 0 Å². The zero-order valence-electron chi connectivity index (χ0n) is 13.5. The molecule has 2 unspecified atom stereocenters. The van der Waals surface area contributed by atoms with Gasteiger partial charge in [-0.15, -0.1) is 0 Å². The highest BCUT2D eigenvalue weighted by molar-refractivity contribution is 5.74. The number of aliphatic hydroxyl groups excluding tert-OH is 1. The van der Waals surface area contributed by atoms with Crippen molar-refractivity contribution in [1.82, 2.24) is 15.5 Å². The van der Waals surface area contributed by atoms with Gasteiger partial charge in [0.25, 0.3) is 0 Å². The first-order chi connectivity index (χ1) is 10.4. The molecule has 2 atom stereocenters. The number of hydrogen-bond acceptors (Lipinski definition) is 3. The lowest BCUT2D eigenvalue weighted by Crippen LogP contribution is -2.43. The second kappa shape index (κ2) is 9.38. The number of nitrogens with zero attached hydrogens (tertiary/aromatic N) is 1. The summed E-state index contributed by atoms with van der Waals surface area (Å²) >= 11 is 0. The Kier molecular flexibility index (Phi) is 7.84. The molecule has 1 rings (SSSR count). The molecule has 2 amide bonds. The zero-order chi connectivity index (χ0) is 16.5. The van der Waals surface area contributed by atoms with E-state index in [0.29, 0.717) is 13.0 Å². The van der Waals surface area contributed by atoms with Gasteiger partial charge in [-0.3, -0.25) is 0 Å². The van der Waals surface area contributed by atoms with Crippen molar-refractivity contribution in [2.45, 2.75) is 31.8 Å². The van der Waals surface area contributed by atoms with Crippen molar-refractivity contribution in [3.05, 3.63) is 35.6 Å². The molecular weight excluding hydrogens is 285 g/mol. The maximum Gasteiger partial charge on any atom is 0.315 e. The quantitative estimate of drug-likeness (QED) is 0.687. The Morgan fingerprint density at radius 2 is 2.14 bits per heavy atom. The molecule has 0 radical (unpaired) electrons. The van der Waals surface area contributed by atoms with E-state index in [4.69, 9.17) is 5.11 Å². The highest BCUT2D eigenvalue weighted by Gasteiger charge is 2.16. The molecule has 1 aromatic rings. The summed E-state index contributed by atoms with van der Waals surface area (Å²) in [5.74, 6) is -0.286. The summed E-state index contributed by atoms with van der Waals surface area (Å²) in [6.07, 6.45) is 1.38. The van der Waals surface area contributed by atoms with Crippen molar-refractivity contribution in [3.63, 3.8) is 0 Å². The number of benzene rings is 1. The van der Waals surface area contributed by atoms with Crippen LogP contribution < -0.4 is 10.6 Å². The normalized spacial score (nSPS) is 13.7. The molecule has 6 heteroatoms. The predicted molar refractivity (Wildman–Crippen MR) is 85.1 cm³/mol. The molecule has 0 fully saturated rings. The minimum Gasteiger partial charge on any atom is -0.396 e. The minimum atomic E-state index is -0.286. The summed E-state index contributed by atoms with van der Waals surface area (Å²) in [5, 5.41) is 14.4. The van der Waals surface area contributed by atoms with E-state index in [1.165, 1.54) is 12.1 Å². The molecular formula is C16H26FN3O2. The monoisotopic (exact) mass is 311 g/mol. The molecule has 0 aliphatic carbocycles. The lowest BCUT2D eigenvalue weighted by atomic mass is 10.1. The highest BCUT2D eigenvalue weighted by Crippen LogP contribution is 2.18.